The van der Waals surface area contributed by atoms with Crippen molar-refractivity contribution in [3.05, 3.63) is 35.4 Å². The lowest BCUT2D eigenvalue weighted by atomic mass is 9.87. The van der Waals surface area contributed by atoms with Crippen molar-refractivity contribution in [2.24, 2.45) is 11.1 Å². The van der Waals surface area contributed by atoms with Gasteiger partial charge in [0.2, 0.25) is 0 Å². The van der Waals surface area contributed by atoms with Crippen LogP contribution < -0.4 is 0 Å². The predicted molar refractivity (Wildman–Crippen MR) is 86.4 cm³/mol. The minimum atomic E-state index is -0.397. The molecule has 0 radical (unpaired) electrons. The molecule has 2 atom stereocenters. The van der Waals surface area contributed by atoms with Gasteiger partial charge in [0.25, 0.3) is 0 Å². The fourth-order valence-corrected chi connectivity index (χ4v) is 3.33. The highest BCUT2D eigenvalue weighted by molar-refractivity contribution is 6.01. The molecule has 1 spiro atoms. The molecule has 2 aliphatic heterocycles. The van der Waals surface area contributed by atoms with Crippen molar-refractivity contribution in [2.45, 2.75) is 37.9 Å². The zero-order valence-corrected chi connectivity index (χ0v) is 13.8. The molecule has 0 unspecified atom stereocenters. The van der Waals surface area contributed by atoms with Crippen molar-refractivity contribution in [3.63, 3.8) is 0 Å². The van der Waals surface area contributed by atoms with Gasteiger partial charge in [-0.25, -0.2) is 0 Å². The number of nitrogens with zero attached hydrogens (tertiary/aromatic N) is 1. The summed E-state index contributed by atoms with van der Waals surface area (Å²) in [4.78, 5) is 5.74. The van der Waals surface area contributed by atoms with E-state index in [1.165, 1.54) is 0 Å². The maximum absolute atomic E-state index is 12.9. The van der Waals surface area contributed by atoms with Gasteiger partial charge in [-0.15, -0.1) is 0 Å². The summed E-state index contributed by atoms with van der Waals surface area (Å²) >= 11 is 0. The van der Waals surface area contributed by atoms with Crippen molar-refractivity contribution < 1.29 is 18.7 Å². The highest BCUT2D eigenvalue weighted by atomic mass is 19.1. The zero-order valence-electron chi connectivity index (χ0n) is 13.8. The number of hydrogen-bond acceptors (Lipinski definition) is 4. The summed E-state index contributed by atoms with van der Waals surface area (Å²) in [5.41, 5.74) is 2.84. The highest BCUT2D eigenvalue weighted by Crippen LogP contribution is 2.35. The van der Waals surface area contributed by atoms with Crippen molar-refractivity contribution in [2.75, 3.05) is 27.0 Å². The average molecular weight is 321 g/mol. The molecule has 0 saturated carbocycles. The number of hydrogen-bond donors (Lipinski definition) is 0. The lowest BCUT2D eigenvalue weighted by molar-refractivity contribution is -0.0919. The number of methoxy groups -OCH3 is 1. The van der Waals surface area contributed by atoms with E-state index in [1.54, 1.807) is 7.11 Å². The summed E-state index contributed by atoms with van der Waals surface area (Å²) in [6, 6.07) is 8.03. The molecular formula is C18H24FNO3. The Balaban J connectivity index is 1.70. The molecule has 3 rings (SSSR count). The van der Waals surface area contributed by atoms with Gasteiger partial charge in [0.05, 0.1) is 31.7 Å². The maximum atomic E-state index is 12.9. The Hall–Kier alpha value is -1.46. The molecule has 23 heavy (non-hydrogen) atoms. The van der Waals surface area contributed by atoms with Gasteiger partial charge in [-0.05, 0) is 11.1 Å². The summed E-state index contributed by atoms with van der Waals surface area (Å²) in [6.07, 6.45) is 2.37. The molecule has 126 valence electrons. The first kappa shape index (κ1) is 16.4. The molecule has 4 nitrogen and oxygen atoms in total. The average Bonchev–Trinajstić information content (AvgIpc) is 3.00. The second kappa shape index (κ2) is 6.97. The standard InChI is InChI=1S/C18H24FNO3/c1-13(12-19)17(21-2)15-5-3-14(4-6-15)16-11-18(23-20-16)7-9-22-10-8-18/h3-6,13,17H,7-12H2,1-2H3/t13-,17+/m1/s1. The summed E-state index contributed by atoms with van der Waals surface area (Å²) in [6.45, 7) is 2.92. The Bertz CT molecular complexity index is 552. The molecule has 0 aliphatic carbocycles. The molecule has 1 aromatic rings. The van der Waals surface area contributed by atoms with E-state index in [9.17, 15) is 4.39 Å². The number of benzene rings is 1. The van der Waals surface area contributed by atoms with Gasteiger partial charge in [-0.3, -0.25) is 4.39 Å². The second-order valence-electron chi connectivity index (χ2n) is 6.51. The first-order valence-corrected chi connectivity index (χ1v) is 8.19. The fourth-order valence-electron chi connectivity index (χ4n) is 3.33. The van der Waals surface area contributed by atoms with E-state index in [2.05, 4.69) is 5.16 Å². The minimum absolute atomic E-state index is 0.163. The van der Waals surface area contributed by atoms with Gasteiger partial charge in [0.15, 0.2) is 0 Å². The van der Waals surface area contributed by atoms with E-state index in [1.807, 2.05) is 31.2 Å². The van der Waals surface area contributed by atoms with Crippen molar-refractivity contribution in [1.82, 2.24) is 0 Å². The van der Waals surface area contributed by atoms with E-state index in [0.717, 1.165) is 49.3 Å². The van der Waals surface area contributed by atoms with E-state index in [4.69, 9.17) is 14.3 Å². The van der Waals surface area contributed by atoms with Crippen LogP contribution in [0.15, 0.2) is 29.4 Å². The zero-order chi connectivity index (χ0) is 16.3. The van der Waals surface area contributed by atoms with Crippen LogP contribution in [0.3, 0.4) is 0 Å². The Kier molecular flexibility index (Phi) is 4.97. The third-order valence-electron chi connectivity index (χ3n) is 4.83. The molecule has 5 heteroatoms. The summed E-state index contributed by atoms with van der Waals surface area (Å²) < 4.78 is 23.8. The Morgan fingerprint density at radius 1 is 1.26 bits per heavy atom. The monoisotopic (exact) mass is 321 g/mol. The van der Waals surface area contributed by atoms with Crippen LogP contribution in [0.25, 0.3) is 0 Å². The van der Waals surface area contributed by atoms with Gasteiger partial charge in [0, 0.05) is 32.3 Å². The van der Waals surface area contributed by atoms with E-state index >= 15 is 0 Å². The first-order valence-electron chi connectivity index (χ1n) is 8.19. The largest absolute Gasteiger partial charge is 0.388 e. The molecule has 0 aromatic heterocycles. The van der Waals surface area contributed by atoms with Crippen LogP contribution in [-0.2, 0) is 14.3 Å². The van der Waals surface area contributed by atoms with Crippen molar-refractivity contribution in [1.29, 1.82) is 0 Å². The van der Waals surface area contributed by atoms with Crippen molar-refractivity contribution in [3.8, 4) is 0 Å². The van der Waals surface area contributed by atoms with Crippen LogP contribution in [0.1, 0.15) is 43.4 Å². The normalized spacial score (nSPS) is 22.5. The SMILES string of the molecule is CO[C@H](c1ccc(C2=NOC3(CCOCC3)C2)cc1)[C@H](C)CF. The summed E-state index contributed by atoms with van der Waals surface area (Å²) in [5, 5.41) is 4.30. The van der Waals surface area contributed by atoms with Crippen molar-refractivity contribution >= 4 is 5.71 Å². The summed E-state index contributed by atoms with van der Waals surface area (Å²) in [5.74, 6) is -0.163. The number of oxime groups is 1. The minimum Gasteiger partial charge on any atom is -0.388 e. The van der Waals surface area contributed by atoms with E-state index in [0.29, 0.717) is 0 Å². The van der Waals surface area contributed by atoms with Gasteiger partial charge >= 0.3 is 0 Å². The molecule has 0 bridgehead atoms. The number of alkyl halides is 1. The van der Waals surface area contributed by atoms with Crippen LogP contribution in [0.5, 0.6) is 0 Å². The number of ether oxygens (including phenoxy) is 2. The quantitative estimate of drug-likeness (QED) is 0.831. The summed E-state index contributed by atoms with van der Waals surface area (Å²) in [7, 11) is 1.62. The van der Waals surface area contributed by atoms with Gasteiger partial charge in [-0.1, -0.05) is 36.3 Å². The Morgan fingerprint density at radius 3 is 2.57 bits per heavy atom. The van der Waals surface area contributed by atoms with Crippen LogP contribution in [0.2, 0.25) is 0 Å². The predicted octanol–water partition coefficient (Wildman–Crippen LogP) is 3.65. The molecule has 2 aliphatic rings. The Morgan fingerprint density at radius 2 is 1.96 bits per heavy atom. The maximum Gasteiger partial charge on any atom is 0.147 e. The van der Waals surface area contributed by atoms with Crippen LogP contribution in [0.4, 0.5) is 4.39 Å². The lowest BCUT2D eigenvalue weighted by Crippen LogP contribution is -2.36. The van der Waals surface area contributed by atoms with E-state index in [-0.39, 0.29) is 17.6 Å². The molecule has 1 saturated heterocycles. The van der Waals surface area contributed by atoms with Crippen LogP contribution in [0, 0.1) is 5.92 Å². The number of rotatable bonds is 5. The molecule has 1 aromatic carbocycles. The molecule has 1 fully saturated rings. The third-order valence-corrected chi connectivity index (χ3v) is 4.83. The van der Waals surface area contributed by atoms with Crippen LogP contribution >= 0.6 is 0 Å². The van der Waals surface area contributed by atoms with Gasteiger partial charge in [0.1, 0.15) is 5.60 Å². The first-order chi connectivity index (χ1) is 11.2. The van der Waals surface area contributed by atoms with E-state index < -0.39 is 6.67 Å². The number of halogens is 1. The Labute approximate surface area is 136 Å². The fraction of sp³-hybridized carbons (Fsp3) is 0.611. The molecule has 0 amide bonds. The lowest BCUT2D eigenvalue weighted by Gasteiger charge is -2.30. The highest BCUT2D eigenvalue weighted by Gasteiger charge is 2.41. The molecular weight excluding hydrogens is 297 g/mol. The van der Waals surface area contributed by atoms with Crippen LogP contribution in [-0.4, -0.2) is 38.3 Å². The van der Waals surface area contributed by atoms with Gasteiger partial charge in [-0.2, -0.15) is 0 Å². The smallest absolute Gasteiger partial charge is 0.147 e. The topological polar surface area (TPSA) is 40.0 Å². The third kappa shape index (κ3) is 3.40. The van der Waals surface area contributed by atoms with Gasteiger partial charge < -0.3 is 14.3 Å². The molecule has 0 N–H and O–H groups in total. The molecule has 2 heterocycles. The second-order valence-corrected chi connectivity index (χ2v) is 6.51.